The lowest BCUT2D eigenvalue weighted by Crippen LogP contribution is -2.40. The SMILES string of the molecule is COc1ccc(C2OC(c3ccccc3)=NC(=S)N2c2ccc(Cl)cc2)cc1. The summed E-state index contributed by atoms with van der Waals surface area (Å²) in [7, 11) is 1.64. The normalized spacial score (nSPS) is 16.4. The molecule has 4 rings (SSSR count). The van der Waals surface area contributed by atoms with Crippen LogP contribution < -0.4 is 9.64 Å². The van der Waals surface area contributed by atoms with Crippen molar-refractivity contribution in [3.63, 3.8) is 0 Å². The standard InChI is InChI=1S/C22H17ClN2O2S/c1-26-19-13-7-16(8-14-19)21-25(18-11-9-17(23)10-12-18)22(28)24-20(27-21)15-5-3-2-4-6-15/h2-14,21H,1H3. The zero-order chi connectivity index (χ0) is 19.5. The van der Waals surface area contributed by atoms with E-state index < -0.39 is 6.23 Å². The predicted octanol–water partition coefficient (Wildman–Crippen LogP) is 5.62. The molecule has 0 spiro atoms. The molecule has 3 aromatic rings. The van der Waals surface area contributed by atoms with E-state index in [0.29, 0.717) is 16.0 Å². The van der Waals surface area contributed by atoms with Crippen molar-refractivity contribution in [3.8, 4) is 5.75 Å². The lowest BCUT2D eigenvalue weighted by molar-refractivity contribution is 0.196. The quantitative estimate of drug-likeness (QED) is 0.525. The van der Waals surface area contributed by atoms with Gasteiger partial charge in [-0.15, -0.1) is 0 Å². The van der Waals surface area contributed by atoms with E-state index in [1.54, 1.807) is 7.11 Å². The van der Waals surface area contributed by atoms with Gasteiger partial charge in [0.25, 0.3) is 0 Å². The van der Waals surface area contributed by atoms with Crippen LogP contribution in [0.4, 0.5) is 5.69 Å². The van der Waals surface area contributed by atoms with Crippen LogP contribution in [0.2, 0.25) is 5.02 Å². The van der Waals surface area contributed by atoms with Gasteiger partial charge in [-0.2, -0.15) is 4.99 Å². The molecule has 0 bridgehead atoms. The van der Waals surface area contributed by atoms with Crippen molar-refractivity contribution in [3.05, 3.63) is 95.0 Å². The molecule has 1 aliphatic rings. The zero-order valence-electron chi connectivity index (χ0n) is 15.1. The Morgan fingerprint density at radius 1 is 0.964 bits per heavy atom. The summed E-state index contributed by atoms with van der Waals surface area (Å²) in [6.07, 6.45) is -0.465. The molecule has 1 aliphatic heterocycles. The Kier molecular flexibility index (Phi) is 5.28. The summed E-state index contributed by atoms with van der Waals surface area (Å²) in [4.78, 5) is 6.41. The Balaban J connectivity index is 1.78. The number of anilines is 1. The lowest BCUT2D eigenvalue weighted by Gasteiger charge is -2.36. The van der Waals surface area contributed by atoms with E-state index in [-0.39, 0.29) is 0 Å². The van der Waals surface area contributed by atoms with E-state index in [4.69, 9.17) is 33.3 Å². The van der Waals surface area contributed by atoms with Crippen molar-refractivity contribution in [1.29, 1.82) is 0 Å². The minimum Gasteiger partial charge on any atom is -0.497 e. The summed E-state index contributed by atoms with van der Waals surface area (Å²) in [6, 6.07) is 24.9. The molecule has 0 saturated heterocycles. The highest BCUT2D eigenvalue weighted by Crippen LogP contribution is 2.34. The average molecular weight is 409 g/mol. The van der Waals surface area contributed by atoms with Crippen molar-refractivity contribution < 1.29 is 9.47 Å². The second kappa shape index (κ2) is 8.00. The molecular weight excluding hydrogens is 392 g/mol. The fourth-order valence-electron chi connectivity index (χ4n) is 2.97. The third-order valence-corrected chi connectivity index (χ3v) is 4.93. The topological polar surface area (TPSA) is 34.1 Å². The van der Waals surface area contributed by atoms with Crippen LogP contribution >= 0.6 is 23.8 Å². The van der Waals surface area contributed by atoms with Crippen LogP contribution in [0.5, 0.6) is 5.75 Å². The first-order chi connectivity index (χ1) is 13.7. The number of methoxy groups -OCH3 is 1. The van der Waals surface area contributed by atoms with Gasteiger partial charge in [0.05, 0.1) is 7.11 Å². The number of halogens is 1. The van der Waals surface area contributed by atoms with Gasteiger partial charge in [-0.3, -0.25) is 4.90 Å². The summed E-state index contributed by atoms with van der Waals surface area (Å²) < 4.78 is 11.6. The third kappa shape index (κ3) is 3.72. The molecule has 140 valence electrons. The van der Waals surface area contributed by atoms with Crippen LogP contribution in [0.25, 0.3) is 0 Å². The van der Waals surface area contributed by atoms with Gasteiger partial charge in [0.2, 0.25) is 17.2 Å². The first-order valence-corrected chi connectivity index (χ1v) is 9.48. The summed E-state index contributed by atoms with van der Waals surface area (Å²) in [5.41, 5.74) is 2.66. The minimum atomic E-state index is -0.465. The summed E-state index contributed by atoms with van der Waals surface area (Å²) >= 11 is 11.7. The molecular formula is C22H17ClN2O2S. The molecule has 1 heterocycles. The van der Waals surface area contributed by atoms with Crippen LogP contribution in [0.15, 0.2) is 83.9 Å². The molecule has 28 heavy (non-hydrogen) atoms. The number of aliphatic imine (C=N–C) groups is 1. The molecule has 0 radical (unpaired) electrons. The van der Waals surface area contributed by atoms with Crippen LogP contribution in [-0.2, 0) is 4.74 Å². The number of ether oxygens (including phenoxy) is 2. The molecule has 3 aromatic carbocycles. The number of nitrogens with zero attached hydrogens (tertiary/aromatic N) is 2. The van der Waals surface area contributed by atoms with Crippen LogP contribution in [0.1, 0.15) is 17.4 Å². The molecule has 1 unspecified atom stereocenters. The van der Waals surface area contributed by atoms with Gasteiger partial charge in [0.15, 0.2) is 0 Å². The van der Waals surface area contributed by atoms with Gasteiger partial charge in [-0.1, -0.05) is 29.8 Å². The van der Waals surface area contributed by atoms with E-state index in [9.17, 15) is 0 Å². The van der Waals surface area contributed by atoms with Crippen LogP contribution in [0.3, 0.4) is 0 Å². The number of rotatable bonds is 4. The zero-order valence-corrected chi connectivity index (χ0v) is 16.7. The van der Waals surface area contributed by atoms with Crippen molar-refractivity contribution >= 4 is 40.5 Å². The first kappa shape index (κ1) is 18.5. The van der Waals surface area contributed by atoms with Gasteiger partial charge in [-0.25, -0.2) is 0 Å². The summed E-state index contributed by atoms with van der Waals surface area (Å²) in [6.45, 7) is 0. The average Bonchev–Trinajstić information content (AvgIpc) is 2.75. The molecule has 0 aliphatic carbocycles. The fraction of sp³-hybridized carbons (Fsp3) is 0.0909. The minimum absolute atomic E-state index is 0.424. The highest BCUT2D eigenvalue weighted by Gasteiger charge is 2.32. The van der Waals surface area contributed by atoms with Gasteiger partial charge >= 0.3 is 0 Å². The van der Waals surface area contributed by atoms with Crippen LogP contribution in [-0.4, -0.2) is 18.1 Å². The number of hydrogen-bond donors (Lipinski definition) is 0. The largest absolute Gasteiger partial charge is 0.497 e. The summed E-state index contributed by atoms with van der Waals surface area (Å²) in [5.74, 6) is 1.27. The third-order valence-electron chi connectivity index (χ3n) is 4.39. The van der Waals surface area contributed by atoms with E-state index >= 15 is 0 Å². The molecule has 0 N–H and O–H groups in total. The molecule has 6 heteroatoms. The molecule has 0 amide bonds. The van der Waals surface area contributed by atoms with Crippen molar-refractivity contribution in [2.24, 2.45) is 4.99 Å². The highest BCUT2D eigenvalue weighted by atomic mass is 35.5. The second-order valence-corrected chi connectivity index (χ2v) is 6.96. The van der Waals surface area contributed by atoms with Crippen molar-refractivity contribution in [2.75, 3.05) is 12.0 Å². The van der Waals surface area contributed by atoms with Gasteiger partial charge in [0.1, 0.15) is 5.75 Å². The Morgan fingerprint density at radius 3 is 2.29 bits per heavy atom. The molecule has 0 aromatic heterocycles. The number of benzene rings is 3. The van der Waals surface area contributed by atoms with Crippen molar-refractivity contribution in [2.45, 2.75) is 6.23 Å². The van der Waals surface area contributed by atoms with Crippen LogP contribution in [0, 0.1) is 0 Å². The Labute approximate surface area is 174 Å². The predicted molar refractivity (Wildman–Crippen MR) is 116 cm³/mol. The van der Waals surface area contributed by atoms with E-state index in [0.717, 1.165) is 22.6 Å². The molecule has 0 saturated carbocycles. The van der Waals surface area contributed by atoms with Gasteiger partial charge in [0, 0.05) is 21.8 Å². The Morgan fingerprint density at radius 2 is 1.64 bits per heavy atom. The maximum Gasteiger partial charge on any atom is 0.225 e. The van der Waals surface area contributed by atoms with Gasteiger partial charge < -0.3 is 9.47 Å². The molecule has 1 atom stereocenters. The fourth-order valence-corrected chi connectivity index (χ4v) is 3.38. The smallest absolute Gasteiger partial charge is 0.225 e. The van der Waals surface area contributed by atoms with E-state index in [2.05, 4.69) is 4.99 Å². The highest BCUT2D eigenvalue weighted by molar-refractivity contribution is 7.80. The molecule has 4 nitrogen and oxygen atoms in total. The monoisotopic (exact) mass is 408 g/mol. The Bertz CT molecular complexity index is 1000. The second-order valence-electron chi connectivity index (χ2n) is 6.16. The number of thiocarbonyl (C=S) groups is 1. The first-order valence-electron chi connectivity index (χ1n) is 8.69. The Hall–Kier alpha value is -2.89. The van der Waals surface area contributed by atoms with Crippen molar-refractivity contribution in [1.82, 2.24) is 0 Å². The van der Waals surface area contributed by atoms with Gasteiger partial charge in [-0.05, 0) is 72.9 Å². The maximum atomic E-state index is 6.31. The number of hydrogen-bond acceptors (Lipinski definition) is 3. The van der Waals surface area contributed by atoms with E-state index in [1.807, 2.05) is 83.8 Å². The maximum absolute atomic E-state index is 6.31. The molecule has 0 fully saturated rings. The van der Waals surface area contributed by atoms with E-state index in [1.165, 1.54) is 0 Å². The summed E-state index contributed by atoms with van der Waals surface area (Å²) in [5, 5.41) is 1.08. The lowest BCUT2D eigenvalue weighted by atomic mass is 10.1.